The van der Waals surface area contributed by atoms with Crippen molar-refractivity contribution in [3.8, 4) is 0 Å². The van der Waals surface area contributed by atoms with Crippen LogP contribution < -0.4 is 5.32 Å². The third-order valence-electron chi connectivity index (χ3n) is 3.53. The van der Waals surface area contributed by atoms with Crippen LogP contribution in [-0.4, -0.2) is 18.2 Å². The van der Waals surface area contributed by atoms with Crippen molar-refractivity contribution < 1.29 is 4.79 Å². The molecule has 1 N–H and O–H groups in total. The van der Waals surface area contributed by atoms with E-state index in [1.54, 1.807) is 11.8 Å². The van der Waals surface area contributed by atoms with E-state index in [0.717, 1.165) is 30.1 Å². The van der Waals surface area contributed by atoms with Crippen LogP contribution in [0.5, 0.6) is 0 Å². The number of amides is 1. The highest BCUT2D eigenvalue weighted by Crippen LogP contribution is 2.24. The molecule has 3 heteroatoms. The van der Waals surface area contributed by atoms with E-state index in [2.05, 4.69) is 24.6 Å². The first-order chi connectivity index (χ1) is 8.69. The summed E-state index contributed by atoms with van der Waals surface area (Å²) in [7, 11) is 0. The van der Waals surface area contributed by atoms with Gasteiger partial charge in [-0.3, -0.25) is 4.79 Å². The van der Waals surface area contributed by atoms with E-state index in [9.17, 15) is 4.79 Å². The number of hydrogen-bond donors (Lipinski definition) is 1. The van der Waals surface area contributed by atoms with Crippen molar-refractivity contribution in [1.82, 2.24) is 5.32 Å². The van der Waals surface area contributed by atoms with Crippen LogP contribution in [0, 0.1) is 5.92 Å². The molecule has 1 amide bonds. The van der Waals surface area contributed by atoms with Gasteiger partial charge in [0.1, 0.15) is 0 Å². The van der Waals surface area contributed by atoms with E-state index in [4.69, 9.17) is 0 Å². The summed E-state index contributed by atoms with van der Waals surface area (Å²) >= 11 is 1.78. The van der Waals surface area contributed by atoms with Gasteiger partial charge in [-0.15, -0.1) is 0 Å². The molecule has 98 valence electrons. The minimum atomic E-state index is 0.0806. The molecule has 0 heterocycles. The Balaban J connectivity index is 1.97. The maximum Gasteiger partial charge on any atom is 0.251 e. The van der Waals surface area contributed by atoms with E-state index in [1.165, 1.54) is 12.0 Å². The number of benzene rings is 1. The highest BCUT2D eigenvalue weighted by atomic mass is 32.2. The van der Waals surface area contributed by atoms with E-state index < -0.39 is 0 Å². The van der Waals surface area contributed by atoms with Crippen LogP contribution in [0.25, 0.3) is 0 Å². The molecule has 18 heavy (non-hydrogen) atoms. The zero-order chi connectivity index (χ0) is 13.0. The average Bonchev–Trinajstić information content (AvgIpc) is 2.75. The Hall–Kier alpha value is -0.960. The van der Waals surface area contributed by atoms with E-state index in [0.29, 0.717) is 6.04 Å². The smallest absolute Gasteiger partial charge is 0.251 e. The predicted molar refractivity (Wildman–Crippen MR) is 77.9 cm³/mol. The summed E-state index contributed by atoms with van der Waals surface area (Å²) < 4.78 is 0. The Labute approximate surface area is 114 Å². The van der Waals surface area contributed by atoms with Gasteiger partial charge in [0.15, 0.2) is 0 Å². The fraction of sp³-hybridized carbons (Fsp3) is 0.533. The van der Waals surface area contributed by atoms with Crippen LogP contribution in [0.4, 0.5) is 0 Å². The molecule has 1 saturated carbocycles. The minimum Gasteiger partial charge on any atom is -0.349 e. The summed E-state index contributed by atoms with van der Waals surface area (Å²) in [5.74, 6) is 1.79. The van der Waals surface area contributed by atoms with Crippen molar-refractivity contribution in [1.29, 1.82) is 0 Å². The van der Waals surface area contributed by atoms with Gasteiger partial charge in [-0.2, -0.15) is 11.8 Å². The first-order valence-electron chi connectivity index (χ1n) is 6.57. The summed E-state index contributed by atoms with van der Waals surface area (Å²) in [6.07, 6.45) is 5.55. The summed E-state index contributed by atoms with van der Waals surface area (Å²) in [5, 5.41) is 3.15. The zero-order valence-electron chi connectivity index (χ0n) is 11.1. The van der Waals surface area contributed by atoms with Gasteiger partial charge in [0.05, 0.1) is 0 Å². The van der Waals surface area contributed by atoms with Crippen molar-refractivity contribution in [3.05, 3.63) is 35.4 Å². The number of carbonyl (C=O) groups is 1. The van der Waals surface area contributed by atoms with Gasteiger partial charge in [-0.1, -0.05) is 19.1 Å². The van der Waals surface area contributed by atoms with Gasteiger partial charge in [-0.05, 0) is 49.1 Å². The third kappa shape index (κ3) is 3.52. The lowest BCUT2D eigenvalue weighted by Gasteiger charge is -2.13. The van der Waals surface area contributed by atoms with Gasteiger partial charge >= 0.3 is 0 Å². The van der Waals surface area contributed by atoms with Gasteiger partial charge in [0.25, 0.3) is 5.91 Å². The van der Waals surface area contributed by atoms with Crippen molar-refractivity contribution in [2.75, 3.05) is 6.26 Å². The molecular formula is C15H21NOS. The lowest BCUT2D eigenvalue weighted by Crippen LogP contribution is -2.32. The molecule has 0 radical (unpaired) electrons. The number of hydrogen-bond acceptors (Lipinski definition) is 2. The fourth-order valence-electron chi connectivity index (χ4n) is 2.58. The first kappa shape index (κ1) is 13.5. The summed E-state index contributed by atoms with van der Waals surface area (Å²) in [6, 6.07) is 8.32. The molecule has 0 bridgehead atoms. The van der Waals surface area contributed by atoms with Crippen molar-refractivity contribution in [2.45, 2.75) is 38.0 Å². The van der Waals surface area contributed by atoms with Gasteiger partial charge in [0.2, 0.25) is 0 Å². The second kappa shape index (κ2) is 6.28. The van der Waals surface area contributed by atoms with Gasteiger partial charge in [0, 0.05) is 17.4 Å². The second-order valence-corrected chi connectivity index (χ2v) is 6.09. The second-order valence-electron chi connectivity index (χ2n) is 5.22. The maximum atomic E-state index is 12.1. The molecule has 0 aliphatic heterocycles. The molecule has 1 fully saturated rings. The van der Waals surface area contributed by atoms with Crippen LogP contribution in [0.1, 0.15) is 42.1 Å². The molecule has 1 aromatic carbocycles. The quantitative estimate of drug-likeness (QED) is 0.901. The largest absolute Gasteiger partial charge is 0.349 e. The van der Waals surface area contributed by atoms with Crippen molar-refractivity contribution in [3.63, 3.8) is 0 Å². The van der Waals surface area contributed by atoms with Crippen LogP contribution >= 0.6 is 11.8 Å². The Morgan fingerprint density at radius 3 is 2.94 bits per heavy atom. The molecule has 1 aliphatic rings. The molecule has 2 rings (SSSR count). The summed E-state index contributed by atoms with van der Waals surface area (Å²) in [4.78, 5) is 12.1. The molecule has 0 spiro atoms. The third-order valence-corrected chi connectivity index (χ3v) is 4.15. The Morgan fingerprint density at radius 1 is 1.44 bits per heavy atom. The molecule has 2 atom stereocenters. The standard InChI is InChI=1S/C15H21NOS/c1-11-6-7-14(8-11)16-15(17)13-5-3-4-12(9-13)10-18-2/h3-5,9,11,14H,6-8,10H2,1-2H3,(H,16,17). The summed E-state index contributed by atoms with van der Waals surface area (Å²) in [6.45, 7) is 2.26. The maximum absolute atomic E-state index is 12.1. The Morgan fingerprint density at radius 2 is 2.28 bits per heavy atom. The molecule has 0 saturated heterocycles. The van der Waals surface area contributed by atoms with E-state index in [-0.39, 0.29) is 5.91 Å². The number of thioether (sulfide) groups is 1. The fourth-order valence-corrected chi connectivity index (χ4v) is 3.09. The van der Waals surface area contributed by atoms with Crippen molar-refractivity contribution >= 4 is 17.7 Å². The van der Waals surface area contributed by atoms with Crippen LogP contribution in [0.3, 0.4) is 0 Å². The molecule has 2 unspecified atom stereocenters. The highest BCUT2D eigenvalue weighted by Gasteiger charge is 2.23. The molecule has 0 aromatic heterocycles. The van der Waals surface area contributed by atoms with Gasteiger partial charge < -0.3 is 5.32 Å². The monoisotopic (exact) mass is 263 g/mol. The normalized spacial score (nSPS) is 23.0. The van der Waals surface area contributed by atoms with E-state index in [1.807, 2.05) is 18.2 Å². The Bertz CT molecular complexity index is 419. The molecular weight excluding hydrogens is 242 g/mol. The lowest BCUT2D eigenvalue weighted by atomic mass is 10.1. The zero-order valence-corrected chi connectivity index (χ0v) is 11.9. The van der Waals surface area contributed by atoms with Crippen LogP contribution in [0.2, 0.25) is 0 Å². The summed E-state index contributed by atoms with van der Waals surface area (Å²) in [5.41, 5.74) is 2.01. The number of nitrogens with one attached hydrogen (secondary N) is 1. The molecule has 2 nitrogen and oxygen atoms in total. The number of rotatable bonds is 4. The number of carbonyl (C=O) groups excluding carboxylic acids is 1. The predicted octanol–water partition coefficient (Wildman–Crippen LogP) is 3.47. The highest BCUT2D eigenvalue weighted by molar-refractivity contribution is 7.97. The molecule has 1 aromatic rings. The van der Waals surface area contributed by atoms with Crippen LogP contribution in [-0.2, 0) is 5.75 Å². The van der Waals surface area contributed by atoms with E-state index >= 15 is 0 Å². The Kier molecular flexibility index (Phi) is 4.70. The van der Waals surface area contributed by atoms with Gasteiger partial charge in [-0.25, -0.2) is 0 Å². The molecule has 1 aliphatic carbocycles. The van der Waals surface area contributed by atoms with Crippen LogP contribution in [0.15, 0.2) is 24.3 Å². The average molecular weight is 263 g/mol. The minimum absolute atomic E-state index is 0.0806. The lowest BCUT2D eigenvalue weighted by molar-refractivity contribution is 0.0937. The topological polar surface area (TPSA) is 29.1 Å². The van der Waals surface area contributed by atoms with Crippen molar-refractivity contribution in [2.24, 2.45) is 5.92 Å². The first-order valence-corrected chi connectivity index (χ1v) is 7.97. The SMILES string of the molecule is CSCc1cccc(C(=O)NC2CCC(C)C2)c1.